The van der Waals surface area contributed by atoms with Crippen molar-refractivity contribution in [1.82, 2.24) is 5.32 Å². The molecule has 0 saturated heterocycles. The summed E-state index contributed by atoms with van der Waals surface area (Å²) in [6, 6.07) is 4.02. The summed E-state index contributed by atoms with van der Waals surface area (Å²) in [5, 5.41) is 23.0. The van der Waals surface area contributed by atoms with Gasteiger partial charge in [-0.05, 0) is 24.8 Å². The fraction of sp³-hybridized carbons (Fsp3) is 0.533. The quantitative estimate of drug-likeness (QED) is 0.644. The lowest BCUT2D eigenvalue weighted by Crippen LogP contribution is -2.40. The van der Waals surface area contributed by atoms with E-state index in [9.17, 15) is 20.0 Å². The van der Waals surface area contributed by atoms with E-state index in [0.29, 0.717) is 12.0 Å². The van der Waals surface area contributed by atoms with E-state index >= 15 is 0 Å². The molecule has 0 radical (unpaired) electrons. The zero-order valence-electron chi connectivity index (χ0n) is 12.8. The third-order valence-electron chi connectivity index (χ3n) is 3.16. The number of hydrogen-bond donors (Lipinski definition) is 2. The fourth-order valence-corrected chi connectivity index (χ4v) is 2.23. The van der Waals surface area contributed by atoms with E-state index in [-0.39, 0.29) is 29.3 Å². The van der Waals surface area contributed by atoms with Crippen molar-refractivity contribution in [3.63, 3.8) is 0 Å². The first-order chi connectivity index (χ1) is 9.65. The van der Waals surface area contributed by atoms with Gasteiger partial charge in [0.05, 0.1) is 17.6 Å². The Morgan fingerprint density at radius 1 is 1.43 bits per heavy atom. The highest BCUT2D eigenvalue weighted by Gasteiger charge is 2.23. The Balaban J connectivity index is 2.94. The third-order valence-corrected chi connectivity index (χ3v) is 3.16. The number of amides is 1. The van der Waals surface area contributed by atoms with Crippen LogP contribution in [0.4, 0.5) is 5.69 Å². The Morgan fingerprint density at radius 2 is 2.05 bits per heavy atom. The van der Waals surface area contributed by atoms with Crippen LogP contribution in [0.15, 0.2) is 18.2 Å². The summed E-state index contributed by atoms with van der Waals surface area (Å²) in [4.78, 5) is 22.6. The predicted molar refractivity (Wildman–Crippen MR) is 80.2 cm³/mol. The van der Waals surface area contributed by atoms with Crippen LogP contribution in [0.25, 0.3) is 0 Å². The summed E-state index contributed by atoms with van der Waals surface area (Å²) < 4.78 is 0. The number of carbonyl (C=O) groups excluding carboxylic acids is 1. The van der Waals surface area contributed by atoms with Crippen molar-refractivity contribution < 1.29 is 14.8 Å². The van der Waals surface area contributed by atoms with E-state index in [1.54, 1.807) is 13.0 Å². The molecule has 1 unspecified atom stereocenters. The standard InChI is InChI=1S/C15H22N2O4/c1-10-12(6-5-7-13(10)17(20)21)14(19)16-11(9-18)8-15(2,3)4/h5-7,11,18H,8-9H2,1-4H3,(H,16,19). The SMILES string of the molecule is Cc1c(C(=O)NC(CO)CC(C)(C)C)cccc1[N+](=O)[O-]. The molecule has 116 valence electrons. The lowest BCUT2D eigenvalue weighted by atomic mass is 9.88. The van der Waals surface area contributed by atoms with Crippen LogP contribution in [0.1, 0.15) is 43.1 Å². The van der Waals surface area contributed by atoms with Gasteiger partial charge in [0, 0.05) is 17.2 Å². The summed E-state index contributed by atoms with van der Waals surface area (Å²) in [7, 11) is 0. The molecule has 0 aliphatic rings. The van der Waals surface area contributed by atoms with Crippen LogP contribution >= 0.6 is 0 Å². The van der Waals surface area contributed by atoms with Crippen LogP contribution in [-0.2, 0) is 0 Å². The van der Waals surface area contributed by atoms with Gasteiger partial charge >= 0.3 is 0 Å². The molecule has 21 heavy (non-hydrogen) atoms. The first-order valence-corrected chi connectivity index (χ1v) is 6.81. The van der Waals surface area contributed by atoms with Crippen molar-refractivity contribution in [1.29, 1.82) is 0 Å². The minimum Gasteiger partial charge on any atom is -0.394 e. The Morgan fingerprint density at radius 3 is 2.52 bits per heavy atom. The second-order valence-corrected chi connectivity index (χ2v) is 6.32. The third kappa shape index (κ3) is 4.82. The molecule has 6 nitrogen and oxygen atoms in total. The number of benzene rings is 1. The molecule has 0 heterocycles. The number of hydrogen-bond acceptors (Lipinski definition) is 4. The van der Waals surface area contributed by atoms with Crippen molar-refractivity contribution in [3.05, 3.63) is 39.4 Å². The second-order valence-electron chi connectivity index (χ2n) is 6.32. The molecule has 0 bridgehead atoms. The van der Waals surface area contributed by atoms with Crippen LogP contribution in [0.2, 0.25) is 0 Å². The molecular formula is C15H22N2O4. The molecule has 6 heteroatoms. The van der Waals surface area contributed by atoms with Gasteiger partial charge < -0.3 is 10.4 Å². The highest BCUT2D eigenvalue weighted by Crippen LogP contribution is 2.23. The van der Waals surface area contributed by atoms with Crippen LogP contribution < -0.4 is 5.32 Å². The monoisotopic (exact) mass is 294 g/mol. The molecule has 1 rings (SSSR count). The second kappa shape index (κ2) is 6.67. The molecule has 2 N–H and O–H groups in total. The van der Waals surface area contributed by atoms with Crippen molar-refractivity contribution in [2.24, 2.45) is 5.41 Å². The first-order valence-electron chi connectivity index (χ1n) is 6.81. The Kier molecular flexibility index (Phi) is 5.43. The van der Waals surface area contributed by atoms with Gasteiger partial charge in [0.1, 0.15) is 0 Å². The van der Waals surface area contributed by atoms with E-state index in [1.807, 2.05) is 20.8 Å². The van der Waals surface area contributed by atoms with Gasteiger partial charge in [-0.25, -0.2) is 0 Å². The summed E-state index contributed by atoms with van der Waals surface area (Å²) in [5.41, 5.74) is 0.460. The van der Waals surface area contributed by atoms with Gasteiger partial charge in [0.2, 0.25) is 0 Å². The maximum atomic E-state index is 12.3. The molecule has 1 atom stereocenters. The number of carbonyl (C=O) groups is 1. The lowest BCUT2D eigenvalue weighted by molar-refractivity contribution is -0.385. The smallest absolute Gasteiger partial charge is 0.273 e. The summed E-state index contributed by atoms with van der Waals surface area (Å²) in [5.74, 6) is -0.403. The van der Waals surface area contributed by atoms with Gasteiger partial charge in [-0.15, -0.1) is 0 Å². The minimum atomic E-state index is -0.509. The van der Waals surface area contributed by atoms with Gasteiger partial charge in [-0.2, -0.15) is 0 Å². The minimum absolute atomic E-state index is 0.0432. The summed E-state index contributed by atoms with van der Waals surface area (Å²) >= 11 is 0. The van der Waals surface area contributed by atoms with Crippen molar-refractivity contribution in [3.8, 4) is 0 Å². The molecule has 0 fully saturated rings. The van der Waals surface area contributed by atoms with E-state index < -0.39 is 10.8 Å². The predicted octanol–water partition coefficient (Wildman–Crippen LogP) is 2.43. The zero-order chi connectivity index (χ0) is 16.2. The molecule has 0 aliphatic heterocycles. The van der Waals surface area contributed by atoms with E-state index in [4.69, 9.17) is 0 Å². The summed E-state index contributed by atoms with van der Waals surface area (Å²) in [6.07, 6.45) is 0.614. The van der Waals surface area contributed by atoms with Crippen molar-refractivity contribution in [2.75, 3.05) is 6.61 Å². The van der Waals surface area contributed by atoms with Crippen LogP contribution in [-0.4, -0.2) is 28.6 Å². The number of aliphatic hydroxyl groups is 1. The molecule has 1 aromatic carbocycles. The number of rotatable bonds is 5. The topological polar surface area (TPSA) is 92.5 Å². The molecular weight excluding hydrogens is 272 g/mol. The van der Waals surface area contributed by atoms with Crippen molar-refractivity contribution >= 4 is 11.6 Å². The molecule has 1 aromatic rings. The average molecular weight is 294 g/mol. The lowest BCUT2D eigenvalue weighted by Gasteiger charge is -2.25. The molecule has 0 aliphatic carbocycles. The molecule has 0 spiro atoms. The number of nitrogens with one attached hydrogen (secondary N) is 1. The highest BCUT2D eigenvalue weighted by atomic mass is 16.6. The largest absolute Gasteiger partial charge is 0.394 e. The van der Waals surface area contributed by atoms with Gasteiger partial charge in [-0.3, -0.25) is 14.9 Å². The van der Waals surface area contributed by atoms with Crippen LogP contribution in [0.3, 0.4) is 0 Å². The fourth-order valence-electron chi connectivity index (χ4n) is 2.23. The number of nitro benzene ring substituents is 1. The maximum absolute atomic E-state index is 12.3. The zero-order valence-corrected chi connectivity index (χ0v) is 12.8. The van der Waals surface area contributed by atoms with E-state index in [1.165, 1.54) is 12.1 Å². The Hall–Kier alpha value is -1.95. The Labute approximate surface area is 124 Å². The van der Waals surface area contributed by atoms with Crippen LogP contribution in [0.5, 0.6) is 0 Å². The van der Waals surface area contributed by atoms with Crippen molar-refractivity contribution in [2.45, 2.75) is 40.2 Å². The number of aliphatic hydroxyl groups excluding tert-OH is 1. The molecule has 0 saturated carbocycles. The molecule has 0 aromatic heterocycles. The average Bonchev–Trinajstić information content (AvgIpc) is 2.35. The highest BCUT2D eigenvalue weighted by molar-refractivity contribution is 5.96. The Bertz CT molecular complexity index is 535. The van der Waals surface area contributed by atoms with Gasteiger partial charge in [-0.1, -0.05) is 26.8 Å². The molecule has 1 amide bonds. The van der Waals surface area contributed by atoms with Gasteiger partial charge in [0.15, 0.2) is 0 Å². The van der Waals surface area contributed by atoms with Crippen LogP contribution in [0, 0.1) is 22.5 Å². The summed E-state index contributed by atoms with van der Waals surface area (Å²) in [6.45, 7) is 7.42. The normalized spacial score (nSPS) is 12.8. The van der Waals surface area contributed by atoms with E-state index in [2.05, 4.69) is 5.32 Å². The first kappa shape index (κ1) is 17.1. The van der Waals surface area contributed by atoms with Gasteiger partial charge in [0.25, 0.3) is 11.6 Å². The maximum Gasteiger partial charge on any atom is 0.273 e. The van der Waals surface area contributed by atoms with E-state index in [0.717, 1.165) is 0 Å². The number of nitrogens with zero attached hydrogens (tertiary/aromatic N) is 1. The number of nitro groups is 1.